The Labute approximate surface area is 110 Å². The smallest absolute Gasteiger partial charge is 0.246 e. The van der Waals surface area contributed by atoms with E-state index in [1.165, 1.54) is 11.0 Å². The van der Waals surface area contributed by atoms with Crippen LogP contribution in [0.4, 0.5) is 5.82 Å². The van der Waals surface area contributed by atoms with Crippen LogP contribution in [-0.2, 0) is 17.1 Å². The minimum Gasteiger partial charge on any atom is -0.381 e. The third-order valence-electron chi connectivity index (χ3n) is 2.75. The molecule has 0 aliphatic carbocycles. The van der Waals surface area contributed by atoms with Gasteiger partial charge < -0.3 is 5.73 Å². The van der Waals surface area contributed by atoms with Gasteiger partial charge in [0.05, 0.1) is 11.7 Å². The molecule has 0 radical (unpaired) electrons. The van der Waals surface area contributed by atoms with E-state index in [-0.39, 0.29) is 10.7 Å². The van der Waals surface area contributed by atoms with E-state index in [1.807, 2.05) is 0 Å². The van der Waals surface area contributed by atoms with Gasteiger partial charge in [-0.15, -0.1) is 0 Å². The number of sulfonamides is 1. The molecule has 0 saturated carbocycles. The highest BCUT2D eigenvalue weighted by Crippen LogP contribution is 2.22. The van der Waals surface area contributed by atoms with Crippen LogP contribution in [0.2, 0.25) is 0 Å². The summed E-state index contributed by atoms with van der Waals surface area (Å²) in [5, 5.41) is 10.2. The molecular formula is C9H15N7O2S. The average molecular weight is 285 g/mol. The molecule has 0 saturated heterocycles. The van der Waals surface area contributed by atoms with Crippen LogP contribution in [0.25, 0.3) is 0 Å². The second-order valence-corrected chi connectivity index (χ2v) is 5.79. The Morgan fingerprint density at radius 2 is 2.21 bits per heavy atom. The van der Waals surface area contributed by atoms with E-state index in [0.717, 1.165) is 0 Å². The predicted molar refractivity (Wildman–Crippen MR) is 67.5 cm³/mol. The molecule has 0 amide bonds. The molecule has 0 aromatic carbocycles. The molecule has 0 aliphatic rings. The van der Waals surface area contributed by atoms with Crippen LogP contribution in [0.15, 0.2) is 11.2 Å². The van der Waals surface area contributed by atoms with Crippen LogP contribution in [0.5, 0.6) is 0 Å². The first kappa shape index (κ1) is 13.5. The third-order valence-corrected chi connectivity index (χ3v) is 4.45. The van der Waals surface area contributed by atoms with Gasteiger partial charge in [-0.05, 0) is 13.8 Å². The summed E-state index contributed by atoms with van der Waals surface area (Å²) in [6, 6.07) is -0.550. The summed E-state index contributed by atoms with van der Waals surface area (Å²) >= 11 is 0. The number of aromatic nitrogens is 5. The number of anilines is 1. The van der Waals surface area contributed by atoms with Crippen LogP contribution in [0, 0.1) is 6.92 Å². The molecule has 9 nitrogen and oxygen atoms in total. The Morgan fingerprint density at radius 3 is 2.68 bits per heavy atom. The molecule has 104 valence electrons. The van der Waals surface area contributed by atoms with Crippen molar-refractivity contribution in [2.75, 3.05) is 5.73 Å². The summed E-state index contributed by atoms with van der Waals surface area (Å²) in [6.07, 6.45) is 1.31. The summed E-state index contributed by atoms with van der Waals surface area (Å²) in [5.74, 6) is 0.390. The minimum atomic E-state index is -3.77. The van der Waals surface area contributed by atoms with E-state index in [0.29, 0.717) is 11.5 Å². The number of nitrogen functional groups attached to an aromatic ring is 1. The summed E-state index contributed by atoms with van der Waals surface area (Å²) in [6.45, 7) is 3.29. The third kappa shape index (κ3) is 2.44. The maximum Gasteiger partial charge on any atom is 0.246 e. The van der Waals surface area contributed by atoms with Gasteiger partial charge in [-0.3, -0.25) is 9.78 Å². The van der Waals surface area contributed by atoms with Gasteiger partial charge in [0, 0.05) is 7.05 Å². The Balaban J connectivity index is 2.33. The van der Waals surface area contributed by atoms with Crippen molar-refractivity contribution in [3.63, 3.8) is 0 Å². The van der Waals surface area contributed by atoms with Crippen LogP contribution >= 0.6 is 0 Å². The quantitative estimate of drug-likeness (QED) is 0.691. The highest BCUT2D eigenvalue weighted by molar-refractivity contribution is 7.89. The van der Waals surface area contributed by atoms with E-state index in [4.69, 9.17) is 5.73 Å². The zero-order chi connectivity index (χ0) is 14.2. The van der Waals surface area contributed by atoms with Crippen LogP contribution in [0.3, 0.4) is 0 Å². The van der Waals surface area contributed by atoms with E-state index < -0.39 is 16.1 Å². The zero-order valence-corrected chi connectivity index (χ0v) is 11.6. The summed E-state index contributed by atoms with van der Waals surface area (Å²) < 4.78 is 28.5. The summed E-state index contributed by atoms with van der Waals surface area (Å²) in [7, 11) is -2.14. The molecule has 10 heteroatoms. The second-order valence-electron chi connectivity index (χ2n) is 4.14. The number of hydrogen-bond donors (Lipinski definition) is 3. The van der Waals surface area contributed by atoms with E-state index in [1.54, 1.807) is 20.9 Å². The topological polar surface area (TPSA) is 132 Å². The van der Waals surface area contributed by atoms with Gasteiger partial charge in [0.25, 0.3) is 0 Å². The molecule has 0 aliphatic heterocycles. The van der Waals surface area contributed by atoms with Gasteiger partial charge in [0.15, 0.2) is 5.82 Å². The fourth-order valence-electron chi connectivity index (χ4n) is 1.72. The van der Waals surface area contributed by atoms with Crippen LogP contribution < -0.4 is 10.5 Å². The van der Waals surface area contributed by atoms with Crippen molar-refractivity contribution in [1.82, 2.24) is 29.7 Å². The SMILES string of the molecule is Cc1c(S(=O)(=O)NC(C)c2ncn[nH]2)c(N)nn1C. The summed E-state index contributed by atoms with van der Waals surface area (Å²) in [4.78, 5) is 3.89. The molecule has 2 aromatic rings. The number of hydrogen-bond acceptors (Lipinski definition) is 6. The van der Waals surface area contributed by atoms with Crippen molar-refractivity contribution in [2.24, 2.45) is 7.05 Å². The van der Waals surface area contributed by atoms with Crippen LogP contribution in [-0.4, -0.2) is 33.4 Å². The Bertz CT molecular complexity index is 674. The van der Waals surface area contributed by atoms with Gasteiger partial charge >= 0.3 is 0 Å². The molecule has 19 heavy (non-hydrogen) atoms. The Hall–Kier alpha value is -1.94. The first-order valence-corrected chi connectivity index (χ1v) is 6.98. The fraction of sp³-hybridized carbons (Fsp3) is 0.444. The maximum atomic E-state index is 12.3. The number of nitrogens with zero attached hydrogens (tertiary/aromatic N) is 4. The predicted octanol–water partition coefficient (Wildman–Crippen LogP) is -0.532. The molecular weight excluding hydrogens is 270 g/mol. The second kappa shape index (κ2) is 4.63. The first-order chi connectivity index (χ1) is 8.83. The number of rotatable bonds is 4. The van der Waals surface area contributed by atoms with Crippen molar-refractivity contribution in [2.45, 2.75) is 24.8 Å². The first-order valence-electron chi connectivity index (χ1n) is 5.49. The molecule has 4 N–H and O–H groups in total. The van der Waals surface area contributed by atoms with Gasteiger partial charge in [-0.2, -0.15) is 10.2 Å². The normalized spacial score (nSPS) is 13.6. The number of aromatic amines is 1. The van der Waals surface area contributed by atoms with E-state index in [2.05, 4.69) is 25.0 Å². The van der Waals surface area contributed by atoms with Gasteiger partial charge in [-0.1, -0.05) is 0 Å². The number of H-pyrrole nitrogens is 1. The maximum absolute atomic E-state index is 12.3. The van der Waals surface area contributed by atoms with Crippen molar-refractivity contribution >= 4 is 15.8 Å². The number of nitrogens with two attached hydrogens (primary N) is 1. The Morgan fingerprint density at radius 1 is 1.53 bits per heavy atom. The highest BCUT2D eigenvalue weighted by Gasteiger charge is 2.27. The Kier molecular flexibility index (Phi) is 3.28. The lowest BCUT2D eigenvalue weighted by Crippen LogP contribution is -2.28. The van der Waals surface area contributed by atoms with Gasteiger partial charge in [0.1, 0.15) is 17.0 Å². The number of aryl methyl sites for hydroxylation is 1. The lowest BCUT2D eigenvalue weighted by molar-refractivity contribution is 0.559. The van der Waals surface area contributed by atoms with Crippen molar-refractivity contribution in [3.05, 3.63) is 17.8 Å². The van der Waals surface area contributed by atoms with Crippen LogP contribution in [0.1, 0.15) is 24.5 Å². The molecule has 1 atom stereocenters. The molecule has 2 aromatic heterocycles. The molecule has 2 rings (SSSR count). The average Bonchev–Trinajstić information content (AvgIpc) is 2.87. The van der Waals surface area contributed by atoms with Gasteiger partial charge in [-0.25, -0.2) is 18.1 Å². The van der Waals surface area contributed by atoms with Gasteiger partial charge in [0.2, 0.25) is 10.0 Å². The van der Waals surface area contributed by atoms with Crippen molar-refractivity contribution < 1.29 is 8.42 Å². The minimum absolute atomic E-state index is 0.0126. The molecule has 2 heterocycles. The van der Waals surface area contributed by atoms with Crippen molar-refractivity contribution in [3.8, 4) is 0 Å². The van der Waals surface area contributed by atoms with E-state index >= 15 is 0 Å². The molecule has 0 bridgehead atoms. The molecule has 0 fully saturated rings. The fourth-order valence-corrected chi connectivity index (χ4v) is 3.25. The monoisotopic (exact) mass is 285 g/mol. The lowest BCUT2D eigenvalue weighted by Gasteiger charge is -2.11. The zero-order valence-electron chi connectivity index (χ0n) is 10.7. The lowest BCUT2D eigenvalue weighted by atomic mass is 10.3. The number of nitrogens with one attached hydrogen (secondary N) is 2. The standard InChI is InChI=1S/C9H15N7O2S/c1-5(9-11-4-12-13-9)15-19(17,18)7-6(2)16(3)14-8(7)10/h4-5,15H,1-3H3,(H2,10,14)(H,11,12,13). The largest absolute Gasteiger partial charge is 0.381 e. The molecule has 0 spiro atoms. The van der Waals surface area contributed by atoms with Crippen molar-refractivity contribution in [1.29, 1.82) is 0 Å². The molecule has 1 unspecified atom stereocenters. The highest BCUT2D eigenvalue weighted by atomic mass is 32.2. The summed E-state index contributed by atoms with van der Waals surface area (Å²) in [5.41, 5.74) is 6.10. The van der Waals surface area contributed by atoms with E-state index in [9.17, 15) is 8.42 Å².